The Morgan fingerprint density at radius 3 is 2.89 bits per heavy atom. The maximum atomic E-state index is 13.4. The van der Waals surface area contributed by atoms with Crippen molar-refractivity contribution in [2.75, 3.05) is 7.11 Å². The fraction of sp³-hybridized carbons (Fsp3) is 0.500. The van der Waals surface area contributed by atoms with Crippen LogP contribution in [-0.2, 0) is 9.53 Å². The monoisotopic (exact) mass is 267 g/mol. The average Bonchev–Trinajstić information content (AvgIpc) is 2.76. The fourth-order valence-electron chi connectivity index (χ4n) is 2.36. The van der Waals surface area contributed by atoms with E-state index in [-0.39, 0.29) is 11.9 Å². The van der Waals surface area contributed by atoms with Crippen molar-refractivity contribution >= 4 is 5.97 Å². The summed E-state index contributed by atoms with van der Waals surface area (Å²) < 4.78 is 23.8. The maximum absolute atomic E-state index is 13.4. The van der Waals surface area contributed by atoms with Crippen LogP contribution in [0.2, 0.25) is 0 Å². The van der Waals surface area contributed by atoms with Gasteiger partial charge in [0.2, 0.25) is 0 Å². The topological polar surface area (TPSA) is 61.5 Å². The highest BCUT2D eigenvalue weighted by atomic mass is 19.1. The van der Waals surface area contributed by atoms with E-state index in [0.717, 1.165) is 0 Å². The standard InChI is InChI=1S/C14H18FNO3/c1-9-3-4-10(7-12(9)15)19-11-5-6-14(16,8-11)13(17)18-2/h3-4,7,11H,5-6,8,16H2,1-2H3. The summed E-state index contributed by atoms with van der Waals surface area (Å²) in [6.07, 6.45) is 1.36. The van der Waals surface area contributed by atoms with Gasteiger partial charge in [0.05, 0.1) is 7.11 Å². The van der Waals surface area contributed by atoms with Gasteiger partial charge < -0.3 is 15.2 Å². The lowest BCUT2D eigenvalue weighted by Crippen LogP contribution is -2.47. The van der Waals surface area contributed by atoms with E-state index in [1.807, 2.05) is 0 Å². The molecule has 2 unspecified atom stereocenters. The lowest BCUT2D eigenvalue weighted by atomic mass is 10.00. The minimum Gasteiger partial charge on any atom is -0.490 e. The molecule has 19 heavy (non-hydrogen) atoms. The van der Waals surface area contributed by atoms with Crippen molar-refractivity contribution in [2.45, 2.75) is 37.8 Å². The number of aryl methyl sites for hydroxylation is 1. The zero-order chi connectivity index (χ0) is 14.0. The van der Waals surface area contributed by atoms with Gasteiger partial charge in [-0.15, -0.1) is 0 Å². The zero-order valence-corrected chi connectivity index (χ0v) is 11.1. The summed E-state index contributed by atoms with van der Waals surface area (Å²) in [5, 5.41) is 0. The van der Waals surface area contributed by atoms with Crippen molar-refractivity contribution in [3.63, 3.8) is 0 Å². The number of carbonyl (C=O) groups is 1. The molecule has 0 bridgehead atoms. The van der Waals surface area contributed by atoms with Crippen LogP contribution in [-0.4, -0.2) is 24.7 Å². The van der Waals surface area contributed by atoms with Crippen molar-refractivity contribution in [2.24, 2.45) is 5.73 Å². The van der Waals surface area contributed by atoms with Gasteiger partial charge in [0.15, 0.2) is 0 Å². The highest BCUT2D eigenvalue weighted by molar-refractivity contribution is 5.80. The van der Waals surface area contributed by atoms with E-state index in [0.29, 0.717) is 30.6 Å². The third-order valence-corrected chi connectivity index (χ3v) is 3.54. The summed E-state index contributed by atoms with van der Waals surface area (Å²) in [4.78, 5) is 11.6. The smallest absolute Gasteiger partial charge is 0.325 e. The van der Waals surface area contributed by atoms with Crippen LogP contribution in [0, 0.1) is 12.7 Å². The van der Waals surface area contributed by atoms with Crippen LogP contribution >= 0.6 is 0 Å². The van der Waals surface area contributed by atoms with Crippen LogP contribution in [0.5, 0.6) is 5.75 Å². The van der Waals surface area contributed by atoms with Crippen molar-refractivity contribution in [1.82, 2.24) is 0 Å². The van der Waals surface area contributed by atoms with Crippen molar-refractivity contribution in [3.05, 3.63) is 29.6 Å². The molecule has 2 N–H and O–H groups in total. The third-order valence-electron chi connectivity index (χ3n) is 3.54. The Bertz CT molecular complexity index is 492. The average molecular weight is 267 g/mol. The van der Waals surface area contributed by atoms with Gasteiger partial charge in [-0.1, -0.05) is 6.07 Å². The second-order valence-electron chi connectivity index (χ2n) is 5.04. The number of methoxy groups -OCH3 is 1. The molecule has 2 atom stereocenters. The summed E-state index contributed by atoms with van der Waals surface area (Å²) in [5.74, 6) is -0.265. The molecule has 4 nitrogen and oxygen atoms in total. The molecule has 5 heteroatoms. The molecule has 0 heterocycles. The molecule has 2 rings (SSSR count). The van der Waals surface area contributed by atoms with Crippen LogP contribution in [0.25, 0.3) is 0 Å². The summed E-state index contributed by atoms with van der Waals surface area (Å²) >= 11 is 0. The minimum absolute atomic E-state index is 0.189. The number of rotatable bonds is 3. The Balaban J connectivity index is 2.02. The molecule has 0 saturated heterocycles. The lowest BCUT2D eigenvalue weighted by Gasteiger charge is -2.21. The van der Waals surface area contributed by atoms with Gasteiger partial charge in [-0.25, -0.2) is 4.39 Å². The first-order valence-electron chi connectivity index (χ1n) is 6.25. The highest BCUT2D eigenvalue weighted by Crippen LogP contribution is 2.32. The summed E-state index contributed by atoms with van der Waals surface area (Å²) in [5.41, 5.74) is 5.57. The second kappa shape index (κ2) is 5.17. The van der Waals surface area contributed by atoms with E-state index in [2.05, 4.69) is 0 Å². The lowest BCUT2D eigenvalue weighted by molar-refractivity contribution is -0.147. The molecule has 1 aliphatic rings. The van der Waals surface area contributed by atoms with Gasteiger partial charge in [0, 0.05) is 12.5 Å². The number of ether oxygens (including phenoxy) is 2. The third kappa shape index (κ3) is 2.87. The first-order chi connectivity index (χ1) is 8.94. The molecule has 1 saturated carbocycles. The summed E-state index contributed by atoms with van der Waals surface area (Å²) in [6, 6.07) is 4.73. The minimum atomic E-state index is -0.983. The van der Waals surface area contributed by atoms with Crippen LogP contribution in [0.1, 0.15) is 24.8 Å². The highest BCUT2D eigenvalue weighted by Gasteiger charge is 2.44. The molecule has 0 aromatic heterocycles. The Morgan fingerprint density at radius 2 is 2.26 bits per heavy atom. The van der Waals surface area contributed by atoms with Crippen LogP contribution in [0.3, 0.4) is 0 Å². The molecule has 0 radical (unpaired) electrons. The van der Waals surface area contributed by atoms with E-state index < -0.39 is 11.5 Å². The van der Waals surface area contributed by atoms with E-state index in [1.54, 1.807) is 19.1 Å². The predicted molar refractivity (Wildman–Crippen MR) is 68.3 cm³/mol. The van der Waals surface area contributed by atoms with Gasteiger partial charge in [-0.2, -0.15) is 0 Å². The fourth-order valence-corrected chi connectivity index (χ4v) is 2.36. The molecule has 1 fully saturated rings. The van der Waals surface area contributed by atoms with Crippen molar-refractivity contribution < 1.29 is 18.7 Å². The molecule has 0 spiro atoms. The Hall–Kier alpha value is -1.62. The Kier molecular flexibility index (Phi) is 3.75. The quantitative estimate of drug-likeness (QED) is 0.850. The normalized spacial score (nSPS) is 26.2. The van der Waals surface area contributed by atoms with Crippen molar-refractivity contribution in [1.29, 1.82) is 0 Å². The first kappa shape index (κ1) is 13.8. The molecular formula is C14H18FNO3. The van der Waals surface area contributed by atoms with E-state index in [9.17, 15) is 9.18 Å². The summed E-state index contributed by atoms with van der Waals surface area (Å²) in [6.45, 7) is 1.69. The Labute approximate surface area is 111 Å². The van der Waals surface area contributed by atoms with E-state index in [1.165, 1.54) is 13.2 Å². The summed E-state index contributed by atoms with van der Waals surface area (Å²) in [7, 11) is 1.32. The number of hydrogen-bond acceptors (Lipinski definition) is 4. The van der Waals surface area contributed by atoms with Gasteiger partial charge in [-0.3, -0.25) is 4.79 Å². The zero-order valence-electron chi connectivity index (χ0n) is 11.1. The molecule has 1 aromatic carbocycles. The number of benzene rings is 1. The van der Waals surface area contributed by atoms with Gasteiger partial charge in [-0.05, 0) is 31.4 Å². The van der Waals surface area contributed by atoms with Crippen molar-refractivity contribution in [3.8, 4) is 5.75 Å². The van der Waals surface area contributed by atoms with Crippen LogP contribution < -0.4 is 10.5 Å². The first-order valence-corrected chi connectivity index (χ1v) is 6.25. The number of hydrogen-bond donors (Lipinski definition) is 1. The number of nitrogens with two attached hydrogens (primary N) is 1. The number of carbonyl (C=O) groups excluding carboxylic acids is 1. The van der Waals surface area contributed by atoms with Gasteiger partial charge in [0.25, 0.3) is 0 Å². The largest absolute Gasteiger partial charge is 0.490 e. The maximum Gasteiger partial charge on any atom is 0.325 e. The second-order valence-corrected chi connectivity index (χ2v) is 5.04. The van der Waals surface area contributed by atoms with E-state index >= 15 is 0 Å². The SMILES string of the molecule is COC(=O)C1(N)CCC(Oc2ccc(C)c(F)c2)C1. The number of esters is 1. The van der Waals surface area contributed by atoms with Gasteiger partial charge >= 0.3 is 5.97 Å². The van der Waals surface area contributed by atoms with Crippen LogP contribution in [0.4, 0.5) is 4.39 Å². The molecule has 104 valence electrons. The molecule has 1 aliphatic carbocycles. The Morgan fingerprint density at radius 1 is 1.53 bits per heavy atom. The molecular weight excluding hydrogens is 249 g/mol. The van der Waals surface area contributed by atoms with E-state index in [4.69, 9.17) is 15.2 Å². The predicted octanol–water partition coefficient (Wildman–Crippen LogP) is 1.94. The molecule has 1 aromatic rings. The molecule has 0 aliphatic heterocycles. The molecule has 0 amide bonds. The van der Waals surface area contributed by atoms with Crippen LogP contribution in [0.15, 0.2) is 18.2 Å². The van der Waals surface area contributed by atoms with Gasteiger partial charge in [0.1, 0.15) is 23.2 Å². The number of halogens is 1.